The molecule has 0 saturated heterocycles. The lowest BCUT2D eigenvalue weighted by Crippen LogP contribution is -2.16. The SMILES string of the molecule is C=CCOc1cccc(CNCCCn2ccnc2)c1. The van der Waals surface area contributed by atoms with Crippen LogP contribution in [0.1, 0.15) is 12.0 Å². The van der Waals surface area contributed by atoms with Gasteiger partial charge in [-0.2, -0.15) is 0 Å². The molecule has 0 aliphatic carbocycles. The lowest BCUT2D eigenvalue weighted by Gasteiger charge is -2.08. The number of benzene rings is 1. The van der Waals surface area contributed by atoms with Crippen molar-refractivity contribution < 1.29 is 4.74 Å². The first-order chi connectivity index (χ1) is 9.88. The molecule has 1 aromatic heterocycles. The van der Waals surface area contributed by atoms with Crippen LogP contribution in [0.25, 0.3) is 0 Å². The number of imidazole rings is 1. The van der Waals surface area contributed by atoms with Crippen molar-refractivity contribution in [1.82, 2.24) is 14.9 Å². The second-order valence-electron chi connectivity index (χ2n) is 4.58. The normalized spacial score (nSPS) is 10.4. The Labute approximate surface area is 120 Å². The monoisotopic (exact) mass is 271 g/mol. The van der Waals surface area contributed by atoms with Gasteiger partial charge in [-0.05, 0) is 30.7 Å². The van der Waals surface area contributed by atoms with Crippen molar-refractivity contribution in [2.45, 2.75) is 19.5 Å². The minimum absolute atomic E-state index is 0.543. The Kier molecular flexibility index (Phi) is 5.86. The summed E-state index contributed by atoms with van der Waals surface area (Å²) in [6.45, 7) is 7.02. The zero-order valence-corrected chi connectivity index (χ0v) is 11.7. The molecule has 0 amide bonds. The Balaban J connectivity index is 1.67. The van der Waals surface area contributed by atoms with E-state index in [1.165, 1.54) is 5.56 Å². The van der Waals surface area contributed by atoms with Crippen LogP contribution in [-0.2, 0) is 13.1 Å². The van der Waals surface area contributed by atoms with E-state index in [0.717, 1.165) is 31.8 Å². The van der Waals surface area contributed by atoms with Crippen molar-refractivity contribution in [2.75, 3.05) is 13.2 Å². The molecule has 1 heterocycles. The molecule has 106 valence electrons. The molecule has 4 nitrogen and oxygen atoms in total. The van der Waals surface area contributed by atoms with Crippen LogP contribution in [0.15, 0.2) is 55.6 Å². The number of aromatic nitrogens is 2. The third kappa shape index (κ3) is 4.90. The maximum atomic E-state index is 5.52. The number of ether oxygens (including phenoxy) is 1. The molecule has 0 spiro atoms. The van der Waals surface area contributed by atoms with Crippen molar-refractivity contribution in [1.29, 1.82) is 0 Å². The second kappa shape index (κ2) is 8.17. The Bertz CT molecular complexity index is 508. The largest absolute Gasteiger partial charge is 0.490 e. The molecule has 20 heavy (non-hydrogen) atoms. The van der Waals surface area contributed by atoms with E-state index in [4.69, 9.17) is 4.74 Å². The maximum absolute atomic E-state index is 5.52. The third-order valence-corrected chi connectivity index (χ3v) is 2.92. The van der Waals surface area contributed by atoms with Gasteiger partial charge in [-0.3, -0.25) is 0 Å². The van der Waals surface area contributed by atoms with Crippen LogP contribution in [0.2, 0.25) is 0 Å². The first-order valence-corrected chi connectivity index (χ1v) is 6.87. The summed E-state index contributed by atoms with van der Waals surface area (Å²) in [6, 6.07) is 8.14. The number of aryl methyl sites for hydroxylation is 1. The summed E-state index contributed by atoms with van der Waals surface area (Å²) in [7, 11) is 0. The fourth-order valence-electron chi connectivity index (χ4n) is 1.94. The molecule has 2 rings (SSSR count). The van der Waals surface area contributed by atoms with E-state index in [0.29, 0.717) is 6.61 Å². The zero-order valence-electron chi connectivity index (χ0n) is 11.7. The van der Waals surface area contributed by atoms with Gasteiger partial charge in [0, 0.05) is 25.5 Å². The van der Waals surface area contributed by atoms with Crippen LogP contribution in [0.5, 0.6) is 5.75 Å². The summed E-state index contributed by atoms with van der Waals surface area (Å²) in [5, 5.41) is 3.44. The van der Waals surface area contributed by atoms with Crippen LogP contribution < -0.4 is 10.1 Å². The number of hydrogen-bond acceptors (Lipinski definition) is 3. The van der Waals surface area contributed by atoms with Crippen molar-refractivity contribution in [3.05, 3.63) is 61.2 Å². The van der Waals surface area contributed by atoms with Crippen molar-refractivity contribution in [2.24, 2.45) is 0 Å². The zero-order chi connectivity index (χ0) is 14.0. The Hall–Kier alpha value is -2.07. The molecule has 0 atom stereocenters. The fraction of sp³-hybridized carbons (Fsp3) is 0.312. The predicted octanol–water partition coefficient (Wildman–Crippen LogP) is 2.63. The summed E-state index contributed by atoms with van der Waals surface area (Å²) in [5.74, 6) is 0.891. The first kappa shape index (κ1) is 14.3. The summed E-state index contributed by atoms with van der Waals surface area (Å²) >= 11 is 0. The number of nitrogens with zero attached hydrogens (tertiary/aromatic N) is 2. The summed E-state index contributed by atoms with van der Waals surface area (Å²) in [5.41, 5.74) is 1.23. The molecule has 0 radical (unpaired) electrons. The minimum atomic E-state index is 0.543. The molecule has 0 saturated carbocycles. The molecule has 0 aliphatic heterocycles. The second-order valence-corrected chi connectivity index (χ2v) is 4.58. The van der Waals surface area contributed by atoms with Gasteiger partial charge in [0.2, 0.25) is 0 Å². The van der Waals surface area contributed by atoms with Gasteiger partial charge in [-0.25, -0.2) is 4.98 Å². The van der Waals surface area contributed by atoms with Gasteiger partial charge in [0.05, 0.1) is 6.33 Å². The van der Waals surface area contributed by atoms with Crippen LogP contribution in [0, 0.1) is 0 Å². The third-order valence-electron chi connectivity index (χ3n) is 2.92. The van der Waals surface area contributed by atoms with Gasteiger partial charge >= 0.3 is 0 Å². The van der Waals surface area contributed by atoms with E-state index in [1.54, 1.807) is 6.08 Å². The van der Waals surface area contributed by atoms with Crippen molar-refractivity contribution in [3.8, 4) is 5.75 Å². The average molecular weight is 271 g/mol. The van der Waals surface area contributed by atoms with Gasteiger partial charge < -0.3 is 14.6 Å². The highest BCUT2D eigenvalue weighted by molar-refractivity contribution is 5.28. The highest BCUT2D eigenvalue weighted by atomic mass is 16.5. The standard InChI is InChI=1S/C16H21N3O/c1-2-11-20-16-6-3-5-15(12-16)13-17-7-4-9-19-10-8-18-14-19/h2-3,5-6,8,10,12,14,17H,1,4,7,9,11,13H2. The van der Waals surface area contributed by atoms with Crippen molar-refractivity contribution in [3.63, 3.8) is 0 Å². The van der Waals surface area contributed by atoms with Gasteiger partial charge in [-0.1, -0.05) is 24.8 Å². The quantitative estimate of drug-likeness (QED) is 0.563. The summed E-state index contributed by atoms with van der Waals surface area (Å²) < 4.78 is 7.60. The van der Waals surface area contributed by atoms with Gasteiger partial charge in [0.1, 0.15) is 12.4 Å². The maximum Gasteiger partial charge on any atom is 0.120 e. The summed E-state index contributed by atoms with van der Waals surface area (Å²) in [4.78, 5) is 4.02. The number of rotatable bonds is 9. The number of hydrogen-bond donors (Lipinski definition) is 1. The van der Waals surface area contributed by atoms with E-state index in [1.807, 2.05) is 30.9 Å². The predicted molar refractivity (Wildman–Crippen MR) is 80.7 cm³/mol. The van der Waals surface area contributed by atoms with Gasteiger partial charge in [0.25, 0.3) is 0 Å². The van der Waals surface area contributed by atoms with Gasteiger partial charge in [-0.15, -0.1) is 0 Å². The van der Waals surface area contributed by atoms with E-state index in [2.05, 4.69) is 33.6 Å². The molecular formula is C16H21N3O. The Morgan fingerprint density at radius 3 is 3.15 bits per heavy atom. The van der Waals surface area contributed by atoms with Crippen LogP contribution in [0.4, 0.5) is 0 Å². The highest BCUT2D eigenvalue weighted by Crippen LogP contribution is 2.13. The Morgan fingerprint density at radius 1 is 1.40 bits per heavy atom. The van der Waals surface area contributed by atoms with E-state index in [9.17, 15) is 0 Å². The van der Waals surface area contributed by atoms with E-state index < -0.39 is 0 Å². The van der Waals surface area contributed by atoms with E-state index in [-0.39, 0.29) is 0 Å². The number of nitrogens with one attached hydrogen (secondary N) is 1. The Morgan fingerprint density at radius 2 is 2.35 bits per heavy atom. The lowest BCUT2D eigenvalue weighted by molar-refractivity contribution is 0.362. The molecule has 0 bridgehead atoms. The molecule has 4 heteroatoms. The van der Waals surface area contributed by atoms with Crippen LogP contribution in [0.3, 0.4) is 0 Å². The lowest BCUT2D eigenvalue weighted by atomic mass is 10.2. The molecule has 0 fully saturated rings. The smallest absolute Gasteiger partial charge is 0.120 e. The minimum Gasteiger partial charge on any atom is -0.490 e. The van der Waals surface area contributed by atoms with Crippen LogP contribution in [-0.4, -0.2) is 22.7 Å². The molecule has 1 aromatic carbocycles. The first-order valence-electron chi connectivity index (χ1n) is 6.87. The highest BCUT2D eigenvalue weighted by Gasteiger charge is 1.97. The molecule has 0 unspecified atom stereocenters. The van der Waals surface area contributed by atoms with Crippen molar-refractivity contribution >= 4 is 0 Å². The van der Waals surface area contributed by atoms with Crippen LogP contribution >= 0.6 is 0 Å². The molecule has 1 N–H and O–H groups in total. The van der Waals surface area contributed by atoms with E-state index >= 15 is 0 Å². The molecular weight excluding hydrogens is 250 g/mol. The fourth-order valence-corrected chi connectivity index (χ4v) is 1.94. The van der Waals surface area contributed by atoms with Gasteiger partial charge in [0.15, 0.2) is 0 Å². The molecule has 2 aromatic rings. The average Bonchev–Trinajstić information content (AvgIpc) is 2.98. The molecule has 0 aliphatic rings. The topological polar surface area (TPSA) is 39.1 Å². The summed E-state index contributed by atoms with van der Waals surface area (Å²) in [6.07, 6.45) is 8.48.